The maximum absolute atomic E-state index is 5.58. The minimum absolute atomic E-state index is 0.00702. The number of hydrogen-bond donors (Lipinski definition) is 2. The van der Waals surface area contributed by atoms with Crippen molar-refractivity contribution in [2.45, 2.75) is 45.9 Å². The molecule has 0 amide bonds. The topological polar surface area (TPSA) is 48.9 Å². The van der Waals surface area contributed by atoms with Crippen molar-refractivity contribution in [2.24, 2.45) is 4.99 Å². The molecule has 0 spiro atoms. The molecule has 5 nitrogen and oxygen atoms in total. The fraction of sp³-hybridized carbons (Fsp3) is 0.632. The van der Waals surface area contributed by atoms with E-state index >= 15 is 0 Å². The summed E-state index contributed by atoms with van der Waals surface area (Å²) in [5.74, 6) is 0.806. The highest BCUT2D eigenvalue weighted by Crippen LogP contribution is 2.14. The first-order valence-corrected chi connectivity index (χ1v) is 8.77. The largest absolute Gasteiger partial charge is 0.375 e. The Balaban J connectivity index is 2.45. The van der Waals surface area contributed by atoms with E-state index in [0.29, 0.717) is 18.6 Å². The molecule has 0 aromatic heterocycles. The Morgan fingerprint density at radius 1 is 1.08 bits per heavy atom. The van der Waals surface area contributed by atoms with Gasteiger partial charge in [0, 0.05) is 45.9 Å². The minimum atomic E-state index is 0.00702. The fourth-order valence-electron chi connectivity index (χ4n) is 2.83. The third-order valence-corrected chi connectivity index (χ3v) is 4.12. The van der Waals surface area contributed by atoms with Crippen molar-refractivity contribution in [3.8, 4) is 0 Å². The van der Waals surface area contributed by atoms with Gasteiger partial charge < -0.3 is 15.4 Å². The lowest BCUT2D eigenvalue weighted by Crippen LogP contribution is -2.46. The van der Waals surface area contributed by atoms with Gasteiger partial charge in [0.2, 0.25) is 0 Å². The molecule has 1 aromatic carbocycles. The molecule has 1 aromatic rings. The van der Waals surface area contributed by atoms with Crippen LogP contribution in [0.5, 0.6) is 0 Å². The molecule has 0 heterocycles. The third-order valence-electron chi connectivity index (χ3n) is 4.12. The van der Waals surface area contributed by atoms with Gasteiger partial charge in [-0.2, -0.15) is 0 Å². The lowest BCUT2D eigenvalue weighted by molar-refractivity contribution is 0.106. The van der Waals surface area contributed by atoms with Crippen molar-refractivity contribution in [1.82, 2.24) is 15.5 Å². The zero-order valence-electron chi connectivity index (χ0n) is 16.0. The monoisotopic (exact) mass is 334 g/mol. The van der Waals surface area contributed by atoms with Gasteiger partial charge in [-0.1, -0.05) is 30.3 Å². The van der Waals surface area contributed by atoms with Crippen molar-refractivity contribution >= 4 is 5.96 Å². The zero-order chi connectivity index (χ0) is 17.9. The molecule has 1 atom stereocenters. The number of nitrogens with one attached hydrogen (secondary N) is 2. The van der Waals surface area contributed by atoms with Gasteiger partial charge in [0.1, 0.15) is 0 Å². The van der Waals surface area contributed by atoms with E-state index in [-0.39, 0.29) is 6.10 Å². The second-order valence-corrected chi connectivity index (χ2v) is 6.44. The van der Waals surface area contributed by atoms with Gasteiger partial charge in [0.25, 0.3) is 0 Å². The number of rotatable bonds is 9. The smallest absolute Gasteiger partial charge is 0.191 e. The highest BCUT2D eigenvalue weighted by Gasteiger charge is 2.13. The van der Waals surface area contributed by atoms with Gasteiger partial charge >= 0.3 is 0 Å². The summed E-state index contributed by atoms with van der Waals surface area (Å²) in [7, 11) is 3.53. The molecule has 136 valence electrons. The zero-order valence-corrected chi connectivity index (χ0v) is 16.0. The van der Waals surface area contributed by atoms with Crippen LogP contribution in [-0.2, 0) is 4.74 Å². The highest BCUT2D eigenvalue weighted by molar-refractivity contribution is 5.79. The Morgan fingerprint density at radius 2 is 1.71 bits per heavy atom. The van der Waals surface area contributed by atoms with Gasteiger partial charge in [0.05, 0.1) is 6.10 Å². The van der Waals surface area contributed by atoms with Crippen LogP contribution in [0, 0.1) is 0 Å². The average molecular weight is 335 g/mol. The van der Waals surface area contributed by atoms with E-state index in [1.165, 1.54) is 0 Å². The van der Waals surface area contributed by atoms with Gasteiger partial charge in [-0.05, 0) is 33.3 Å². The van der Waals surface area contributed by atoms with E-state index in [2.05, 4.69) is 60.4 Å². The first-order valence-electron chi connectivity index (χ1n) is 8.77. The predicted octanol–water partition coefficient (Wildman–Crippen LogP) is 2.66. The van der Waals surface area contributed by atoms with Crippen molar-refractivity contribution < 1.29 is 4.74 Å². The summed E-state index contributed by atoms with van der Waals surface area (Å²) in [5, 5.41) is 6.73. The van der Waals surface area contributed by atoms with Crippen molar-refractivity contribution in [3.63, 3.8) is 0 Å². The van der Waals surface area contributed by atoms with Crippen LogP contribution in [0.15, 0.2) is 35.3 Å². The standard InChI is InChI=1S/C19H34N4O/c1-15(2)23(16(3)4)13-12-21-19(20-5)22-14-18(24-6)17-10-8-7-9-11-17/h7-11,15-16,18H,12-14H2,1-6H3,(H2,20,21,22). The first kappa shape index (κ1) is 20.5. The van der Waals surface area contributed by atoms with Crippen LogP contribution in [-0.4, -0.2) is 56.7 Å². The highest BCUT2D eigenvalue weighted by atomic mass is 16.5. The molecule has 0 saturated carbocycles. The third kappa shape index (κ3) is 6.89. The van der Waals surface area contributed by atoms with Gasteiger partial charge in [-0.3, -0.25) is 9.89 Å². The number of ether oxygens (including phenoxy) is 1. The van der Waals surface area contributed by atoms with Gasteiger partial charge in [0.15, 0.2) is 5.96 Å². The molecule has 0 aliphatic rings. The van der Waals surface area contributed by atoms with Crippen LogP contribution in [0.2, 0.25) is 0 Å². The van der Waals surface area contributed by atoms with E-state index in [4.69, 9.17) is 4.74 Å². The molecule has 24 heavy (non-hydrogen) atoms. The molecule has 0 fully saturated rings. The molecule has 1 unspecified atom stereocenters. The Labute approximate surface area is 147 Å². The Hall–Kier alpha value is -1.59. The number of hydrogen-bond acceptors (Lipinski definition) is 3. The molecule has 2 N–H and O–H groups in total. The molecule has 0 bridgehead atoms. The van der Waals surface area contributed by atoms with Crippen LogP contribution in [0.1, 0.15) is 39.4 Å². The molecule has 0 saturated heterocycles. The first-order chi connectivity index (χ1) is 11.5. The second kappa shape index (κ2) is 11.0. The maximum atomic E-state index is 5.58. The summed E-state index contributed by atoms with van der Waals surface area (Å²) in [4.78, 5) is 6.76. The summed E-state index contributed by atoms with van der Waals surface area (Å²) in [6, 6.07) is 11.3. The van der Waals surface area contributed by atoms with Crippen LogP contribution >= 0.6 is 0 Å². The number of benzene rings is 1. The van der Waals surface area contributed by atoms with Crippen LogP contribution in [0.3, 0.4) is 0 Å². The second-order valence-electron chi connectivity index (χ2n) is 6.44. The lowest BCUT2D eigenvalue weighted by atomic mass is 10.1. The van der Waals surface area contributed by atoms with E-state index < -0.39 is 0 Å². The summed E-state index contributed by atoms with van der Waals surface area (Å²) in [6.45, 7) is 11.5. The number of aliphatic imine (C=N–C) groups is 1. The Bertz CT molecular complexity index is 466. The van der Waals surface area contributed by atoms with E-state index in [0.717, 1.165) is 24.6 Å². The van der Waals surface area contributed by atoms with Crippen molar-refractivity contribution in [3.05, 3.63) is 35.9 Å². The molecule has 1 rings (SSSR count). The summed E-state index contributed by atoms with van der Waals surface area (Å²) >= 11 is 0. The molecule has 0 aliphatic heterocycles. The summed E-state index contributed by atoms with van der Waals surface area (Å²) in [6.07, 6.45) is 0.00702. The molecule has 0 radical (unpaired) electrons. The van der Waals surface area contributed by atoms with Gasteiger partial charge in [-0.25, -0.2) is 0 Å². The molecule has 0 aliphatic carbocycles. The number of guanidine groups is 1. The predicted molar refractivity (Wildman–Crippen MR) is 103 cm³/mol. The van der Waals surface area contributed by atoms with E-state index in [9.17, 15) is 0 Å². The average Bonchev–Trinajstić information content (AvgIpc) is 2.57. The Kier molecular flexibility index (Phi) is 9.42. The molecular formula is C19H34N4O. The number of nitrogens with zero attached hydrogens (tertiary/aromatic N) is 2. The van der Waals surface area contributed by atoms with E-state index in [1.807, 2.05) is 18.2 Å². The lowest BCUT2D eigenvalue weighted by Gasteiger charge is -2.30. The Morgan fingerprint density at radius 3 is 2.21 bits per heavy atom. The maximum Gasteiger partial charge on any atom is 0.191 e. The van der Waals surface area contributed by atoms with Crippen LogP contribution < -0.4 is 10.6 Å². The SMILES string of the molecule is CN=C(NCCN(C(C)C)C(C)C)NCC(OC)c1ccccc1. The molecule has 5 heteroatoms. The fourth-order valence-corrected chi connectivity index (χ4v) is 2.83. The summed E-state index contributed by atoms with van der Waals surface area (Å²) in [5.41, 5.74) is 1.16. The van der Waals surface area contributed by atoms with Crippen molar-refractivity contribution in [2.75, 3.05) is 33.8 Å². The molecular weight excluding hydrogens is 300 g/mol. The van der Waals surface area contributed by atoms with Crippen LogP contribution in [0.4, 0.5) is 0 Å². The van der Waals surface area contributed by atoms with E-state index in [1.54, 1.807) is 14.2 Å². The quantitative estimate of drug-likeness (QED) is 0.538. The number of methoxy groups -OCH3 is 1. The van der Waals surface area contributed by atoms with Crippen molar-refractivity contribution in [1.29, 1.82) is 0 Å². The normalized spacial score (nSPS) is 13.6. The van der Waals surface area contributed by atoms with Crippen LogP contribution in [0.25, 0.3) is 0 Å². The van der Waals surface area contributed by atoms with Gasteiger partial charge in [-0.15, -0.1) is 0 Å². The minimum Gasteiger partial charge on any atom is -0.375 e. The summed E-state index contributed by atoms with van der Waals surface area (Å²) < 4.78 is 5.58.